The molecule has 0 aliphatic rings. The van der Waals surface area contributed by atoms with E-state index in [4.69, 9.17) is 9.47 Å². The van der Waals surface area contributed by atoms with Gasteiger partial charge in [-0.1, -0.05) is 155 Å². The van der Waals surface area contributed by atoms with Gasteiger partial charge in [0.05, 0.1) is 13.2 Å². The van der Waals surface area contributed by atoms with E-state index in [9.17, 15) is 0 Å². The highest BCUT2D eigenvalue weighted by Crippen LogP contribution is 2.34. The zero-order valence-corrected chi connectivity index (χ0v) is 26.7. The molecule has 0 unspecified atom stereocenters. The Morgan fingerprint density at radius 3 is 1.00 bits per heavy atom. The Hall–Kier alpha value is -1.22. The minimum atomic E-state index is 0.794. The first-order valence-electron chi connectivity index (χ1n) is 17.1. The molecule has 1 aromatic heterocycles. The van der Waals surface area contributed by atoms with Gasteiger partial charge in [-0.15, -0.1) is 0 Å². The summed E-state index contributed by atoms with van der Waals surface area (Å²) in [4.78, 5) is 0. The van der Waals surface area contributed by atoms with Crippen LogP contribution < -0.4 is 9.47 Å². The van der Waals surface area contributed by atoms with Crippen molar-refractivity contribution in [1.82, 2.24) is 0 Å². The van der Waals surface area contributed by atoms with Crippen molar-refractivity contribution >= 4 is 22.1 Å². The molecule has 0 fully saturated rings. The Balaban J connectivity index is 1.52. The molecular weight excluding hydrogens is 496 g/mol. The van der Waals surface area contributed by atoms with Crippen LogP contribution in [0.15, 0.2) is 22.9 Å². The summed E-state index contributed by atoms with van der Waals surface area (Å²) >= 11 is 1.75. The van der Waals surface area contributed by atoms with Crippen molar-refractivity contribution in [2.24, 2.45) is 0 Å². The lowest BCUT2D eigenvalue weighted by Gasteiger charge is -2.13. The largest absolute Gasteiger partial charge is 0.490 e. The van der Waals surface area contributed by atoms with Gasteiger partial charge in [0.15, 0.2) is 11.5 Å². The molecule has 0 amide bonds. The van der Waals surface area contributed by atoms with E-state index in [0.717, 1.165) is 37.6 Å². The number of thiophene rings is 1. The van der Waals surface area contributed by atoms with Gasteiger partial charge in [0, 0.05) is 0 Å². The van der Waals surface area contributed by atoms with E-state index in [0.29, 0.717) is 0 Å². The van der Waals surface area contributed by atoms with E-state index in [1.165, 1.54) is 152 Å². The molecule has 0 N–H and O–H groups in total. The lowest BCUT2D eigenvalue weighted by Crippen LogP contribution is -2.03. The minimum absolute atomic E-state index is 0.794. The number of unbranched alkanes of at least 4 members (excludes halogenated alkanes) is 22. The molecule has 2 rings (SSSR count). The summed E-state index contributed by atoms with van der Waals surface area (Å²) in [6, 6.07) is 4.37. The van der Waals surface area contributed by atoms with Crippen LogP contribution in [-0.2, 0) is 0 Å². The van der Waals surface area contributed by atoms with Crippen molar-refractivity contribution in [3.63, 3.8) is 0 Å². The van der Waals surface area contributed by atoms with Gasteiger partial charge in [-0.3, -0.25) is 0 Å². The Bertz CT molecular complexity index is 734. The topological polar surface area (TPSA) is 18.5 Å². The second-order valence-corrected chi connectivity index (χ2v) is 12.5. The standard InChI is InChI=1S/C36H62O2S/c1-3-5-7-9-11-13-15-17-19-21-23-25-27-37-35-29-33-31-39-32-34(33)30-36(35)38-28-26-24-22-20-18-16-14-12-10-8-6-4-2/h29-32H,3-28H2,1-2H3. The van der Waals surface area contributed by atoms with E-state index in [2.05, 4.69) is 36.7 Å². The van der Waals surface area contributed by atoms with Crippen molar-refractivity contribution in [2.75, 3.05) is 13.2 Å². The Morgan fingerprint density at radius 1 is 0.410 bits per heavy atom. The summed E-state index contributed by atoms with van der Waals surface area (Å²) in [5, 5.41) is 6.95. The van der Waals surface area contributed by atoms with Crippen LogP contribution in [0.5, 0.6) is 11.5 Å². The molecule has 0 saturated heterocycles. The summed E-state index contributed by atoms with van der Waals surface area (Å²) in [7, 11) is 0. The molecule has 1 heterocycles. The minimum Gasteiger partial charge on any atom is -0.490 e. The van der Waals surface area contributed by atoms with Gasteiger partial charge in [0.25, 0.3) is 0 Å². The molecule has 2 aromatic rings. The average Bonchev–Trinajstić information content (AvgIpc) is 3.41. The number of fused-ring (bicyclic) bond motifs is 1. The van der Waals surface area contributed by atoms with Gasteiger partial charge in [0.2, 0.25) is 0 Å². The van der Waals surface area contributed by atoms with Gasteiger partial charge < -0.3 is 9.47 Å². The maximum absolute atomic E-state index is 6.25. The molecule has 0 spiro atoms. The predicted molar refractivity (Wildman–Crippen MR) is 175 cm³/mol. The van der Waals surface area contributed by atoms with Gasteiger partial charge >= 0.3 is 0 Å². The predicted octanol–water partition coefficient (Wildman–Crippen LogP) is 13.1. The molecule has 0 radical (unpaired) electrons. The van der Waals surface area contributed by atoms with E-state index in [1.54, 1.807) is 11.3 Å². The number of hydrogen-bond donors (Lipinski definition) is 0. The molecule has 1 aromatic carbocycles. The molecule has 224 valence electrons. The smallest absolute Gasteiger partial charge is 0.161 e. The van der Waals surface area contributed by atoms with Crippen LogP contribution in [-0.4, -0.2) is 13.2 Å². The zero-order chi connectivity index (χ0) is 27.6. The number of benzene rings is 1. The van der Waals surface area contributed by atoms with Crippen LogP contribution in [0, 0.1) is 0 Å². The van der Waals surface area contributed by atoms with Crippen molar-refractivity contribution < 1.29 is 9.47 Å². The summed E-state index contributed by atoms with van der Waals surface area (Å²) in [5.41, 5.74) is 0. The summed E-state index contributed by atoms with van der Waals surface area (Å²) in [6.45, 7) is 6.17. The SMILES string of the molecule is CCCCCCCCCCCCCCOc1cc2cscc2cc1OCCCCCCCCCCCCCC. The molecular formula is C36H62O2S. The van der Waals surface area contributed by atoms with Crippen LogP contribution in [0.4, 0.5) is 0 Å². The fraction of sp³-hybridized carbons (Fsp3) is 0.778. The molecule has 0 aliphatic heterocycles. The highest BCUT2D eigenvalue weighted by Gasteiger charge is 2.09. The van der Waals surface area contributed by atoms with Crippen LogP contribution in [0.3, 0.4) is 0 Å². The Kier molecular flexibility index (Phi) is 21.4. The van der Waals surface area contributed by atoms with Crippen LogP contribution in [0.1, 0.15) is 168 Å². The van der Waals surface area contributed by atoms with Gasteiger partial charge in [-0.2, -0.15) is 11.3 Å². The number of hydrogen-bond acceptors (Lipinski definition) is 3. The van der Waals surface area contributed by atoms with E-state index in [-0.39, 0.29) is 0 Å². The molecule has 3 heteroatoms. The van der Waals surface area contributed by atoms with Crippen LogP contribution >= 0.6 is 11.3 Å². The van der Waals surface area contributed by atoms with Crippen molar-refractivity contribution in [2.45, 2.75) is 168 Å². The third-order valence-corrected chi connectivity index (χ3v) is 8.83. The normalized spacial score (nSPS) is 11.4. The van der Waals surface area contributed by atoms with Crippen LogP contribution in [0.25, 0.3) is 10.8 Å². The molecule has 0 saturated carbocycles. The first-order chi connectivity index (χ1) is 19.3. The number of rotatable bonds is 28. The monoisotopic (exact) mass is 558 g/mol. The maximum Gasteiger partial charge on any atom is 0.161 e. The Labute approximate surface area is 246 Å². The highest BCUT2D eigenvalue weighted by atomic mass is 32.1. The van der Waals surface area contributed by atoms with E-state index >= 15 is 0 Å². The highest BCUT2D eigenvalue weighted by molar-refractivity contribution is 7.09. The lowest BCUT2D eigenvalue weighted by molar-refractivity contribution is 0.259. The fourth-order valence-electron chi connectivity index (χ4n) is 5.45. The summed E-state index contributed by atoms with van der Waals surface area (Å²) in [6.07, 6.45) is 32.9. The Morgan fingerprint density at radius 2 is 0.692 bits per heavy atom. The van der Waals surface area contributed by atoms with E-state index < -0.39 is 0 Å². The summed E-state index contributed by atoms with van der Waals surface area (Å²) in [5.74, 6) is 1.87. The van der Waals surface area contributed by atoms with Gasteiger partial charge in [-0.05, 0) is 46.5 Å². The molecule has 0 aliphatic carbocycles. The van der Waals surface area contributed by atoms with E-state index in [1.807, 2.05) is 0 Å². The second-order valence-electron chi connectivity index (χ2n) is 11.8. The zero-order valence-electron chi connectivity index (χ0n) is 25.9. The lowest BCUT2D eigenvalue weighted by atomic mass is 10.1. The van der Waals surface area contributed by atoms with Gasteiger partial charge in [-0.25, -0.2) is 0 Å². The molecule has 39 heavy (non-hydrogen) atoms. The van der Waals surface area contributed by atoms with Crippen LogP contribution in [0.2, 0.25) is 0 Å². The molecule has 0 atom stereocenters. The second kappa shape index (κ2) is 24.6. The van der Waals surface area contributed by atoms with Crippen molar-refractivity contribution in [3.05, 3.63) is 22.9 Å². The quantitative estimate of drug-likeness (QED) is 0.0967. The van der Waals surface area contributed by atoms with Gasteiger partial charge in [0.1, 0.15) is 0 Å². The third-order valence-electron chi connectivity index (χ3n) is 8.05. The third kappa shape index (κ3) is 17.3. The summed E-state index contributed by atoms with van der Waals surface area (Å²) < 4.78 is 12.5. The van der Waals surface area contributed by atoms with Crippen molar-refractivity contribution in [1.29, 1.82) is 0 Å². The first kappa shape index (κ1) is 34.0. The van der Waals surface area contributed by atoms with Crippen molar-refractivity contribution in [3.8, 4) is 11.5 Å². The molecule has 2 nitrogen and oxygen atoms in total. The first-order valence-corrected chi connectivity index (χ1v) is 18.0. The maximum atomic E-state index is 6.25. The average molecular weight is 559 g/mol. The molecule has 0 bridgehead atoms. The fourth-order valence-corrected chi connectivity index (χ4v) is 6.22. The number of ether oxygens (including phenoxy) is 2.